The number of carbonyl (C=O) groups is 1. The van der Waals surface area contributed by atoms with Crippen molar-refractivity contribution >= 4 is 29.0 Å². The van der Waals surface area contributed by atoms with Crippen LogP contribution in [0.2, 0.25) is 0 Å². The Morgan fingerprint density at radius 3 is 2.26 bits per heavy atom. The number of carbonyl (C=O) groups excluding carboxylic acids is 1. The van der Waals surface area contributed by atoms with Crippen LogP contribution in [0.4, 0.5) is 11.4 Å². The molecule has 3 aromatic carbocycles. The van der Waals surface area contributed by atoms with Crippen LogP contribution in [0.25, 0.3) is 0 Å². The number of para-hydroxylation sites is 1. The molecule has 0 aromatic heterocycles. The first-order valence-corrected chi connectivity index (χ1v) is 10.9. The molecule has 1 aliphatic rings. The molecule has 1 heterocycles. The lowest BCUT2D eigenvalue weighted by atomic mass is 10.1. The van der Waals surface area contributed by atoms with Crippen molar-refractivity contribution in [1.82, 2.24) is 4.90 Å². The average molecular weight is 434 g/mol. The van der Waals surface area contributed by atoms with Crippen LogP contribution in [0.3, 0.4) is 0 Å². The Labute approximate surface area is 185 Å². The highest BCUT2D eigenvalue weighted by molar-refractivity contribution is 7.99. The molecule has 158 valence electrons. The van der Waals surface area contributed by atoms with E-state index < -0.39 is 4.92 Å². The fourth-order valence-corrected chi connectivity index (χ4v) is 4.50. The van der Waals surface area contributed by atoms with Crippen molar-refractivity contribution in [3.8, 4) is 0 Å². The van der Waals surface area contributed by atoms with E-state index >= 15 is 0 Å². The maximum atomic E-state index is 13.0. The van der Waals surface area contributed by atoms with E-state index in [1.807, 2.05) is 49.4 Å². The van der Waals surface area contributed by atoms with Crippen LogP contribution < -0.4 is 4.90 Å². The molecule has 0 N–H and O–H groups in total. The number of anilines is 1. The molecule has 3 aromatic rings. The zero-order valence-electron chi connectivity index (χ0n) is 17.2. The van der Waals surface area contributed by atoms with E-state index in [9.17, 15) is 14.9 Å². The molecule has 1 fully saturated rings. The van der Waals surface area contributed by atoms with Gasteiger partial charge in [0.05, 0.1) is 9.82 Å². The summed E-state index contributed by atoms with van der Waals surface area (Å²) in [5.74, 6) is -0.164. The van der Waals surface area contributed by atoms with Crippen LogP contribution in [0.5, 0.6) is 0 Å². The predicted octanol–water partition coefficient (Wildman–Crippen LogP) is 5.02. The van der Waals surface area contributed by atoms with Crippen molar-refractivity contribution in [3.05, 3.63) is 94.0 Å². The van der Waals surface area contributed by atoms with Gasteiger partial charge in [-0.25, -0.2) is 0 Å². The molecule has 0 bridgehead atoms. The minimum Gasteiger partial charge on any atom is -0.368 e. The summed E-state index contributed by atoms with van der Waals surface area (Å²) >= 11 is 1.33. The topological polar surface area (TPSA) is 66.7 Å². The number of hydrogen-bond donors (Lipinski definition) is 0. The van der Waals surface area contributed by atoms with Gasteiger partial charge in [0.15, 0.2) is 0 Å². The van der Waals surface area contributed by atoms with E-state index in [0.29, 0.717) is 23.5 Å². The van der Waals surface area contributed by atoms with Crippen molar-refractivity contribution in [2.45, 2.75) is 16.7 Å². The number of benzene rings is 3. The molecule has 0 saturated carbocycles. The number of aryl methyl sites for hydroxylation is 1. The van der Waals surface area contributed by atoms with Gasteiger partial charge in [-0.1, -0.05) is 47.7 Å². The maximum Gasteiger partial charge on any atom is 0.284 e. The Hall–Kier alpha value is -3.32. The SMILES string of the molecule is Cc1ccc(Sc2ccc(C(=O)N3CCN(c4ccccc4)CC3)cc2[N+](=O)[O-])cc1. The number of rotatable bonds is 5. The lowest BCUT2D eigenvalue weighted by Gasteiger charge is -2.36. The summed E-state index contributed by atoms with van der Waals surface area (Å²) in [7, 11) is 0. The van der Waals surface area contributed by atoms with Gasteiger partial charge in [0.1, 0.15) is 0 Å². The van der Waals surface area contributed by atoms with E-state index in [-0.39, 0.29) is 11.6 Å². The van der Waals surface area contributed by atoms with Gasteiger partial charge < -0.3 is 9.80 Å². The van der Waals surface area contributed by atoms with Crippen LogP contribution >= 0.6 is 11.8 Å². The molecule has 7 heteroatoms. The van der Waals surface area contributed by atoms with E-state index in [4.69, 9.17) is 0 Å². The maximum absolute atomic E-state index is 13.0. The highest BCUT2D eigenvalue weighted by atomic mass is 32.2. The summed E-state index contributed by atoms with van der Waals surface area (Å²) in [5.41, 5.74) is 2.59. The second-order valence-corrected chi connectivity index (χ2v) is 8.58. The normalized spacial score (nSPS) is 13.8. The number of hydrogen-bond acceptors (Lipinski definition) is 5. The summed E-state index contributed by atoms with van der Waals surface area (Å²) in [5, 5.41) is 11.7. The Balaban J connectivity index is 1.48. The Bertz CT molecular complexity index is 1080. The van der Waals surface area contributed by atoms with Crippen LogP contribution in [0.15, 0.2) is 82.6 Å². The molecule has 0 aliphatic carbocycles. The highest BCUT2D eigenvalue weighted by Gasteiger charge is 2.25. The molecular weight excluding hydrogens is 410 g/mol. The predicted molar refractivity (Wildman–Crippen MR) is 123 cm³/mol. The quantitative estimate of drug-likeness (QED) is 0.418. The van der Waals surface area contributed by atoms with Crippen LogP contribution in [0.1, 0.15) is 15.9 Å². The third-order valence-electron chi connectivity index (χ3n) is 5.34. The minimum absolute atomic E-state index is 0.0423. The molecule has 31 heavy (non-hydrogen) atoms. The fourth-order valence-electron chi connectivity index (χ4n) is 3.60. The van der Waals surface area contributed by atoms with Gasteiger partial charge in [-0.2, -0.15) is 0 Å². The van der Waals surface area contributed by atoms with E-state index in [2.05, 4.69) is 17.0 Å². The van der Waals surface area contributed by atoms with Crippen molar-refractivity contribution in [2.75, 3.05) is 31.1 Å². The first-order chi connectivity index (χ1) is 15.0. The average Bonchev–Trinajstić information content (AvgIpc) is 2.81. The first kappa shape index (κ1) is 20.9. The fraction of sp³-hybridized carbons (Fsp3) is 0.208. The number of nitro groups is 1. The first-order valence-electron chi connectivity index (χ1n) is 10.1. The monoisotopic (exact) mass is 433 g/mol. The van der Waals surface area contributed by atoms with Crippen molar-refractivity contribution < 1.29 is 9.72 Å². The third-order valence-corrected chi connectivity index (χ3v) is 6.41. The molecule has 0 atom stereocenters. The number of nitrogens with zero attached hydrogens (tertiary/aromatic N) is 3. The molecule has 0 spiro atoms. The lowest BCUT2D eigenvalue weighted by Crippen LogP contribution is -2.48. The van der Waals surface area contributed by atoms with Crippen molar-refractivity contribution in [2.24, 2.45) is 0 Å². The Morgan fingerprint density at radius 1 is 0.935 bits per heavy atom. The van der Waals surface area contributed by atoms with E-state index in [1.54, 1.807) is 17.0 Å². The highest BCUT2D eigenvalue weighted by Crippen LogP contribution is 2.35. The van der Waals surface area contributed by atoms with E-state index in [0.717, 1.165) is 29.2 Å². The summed E-state index contributed by atoms with van der Waals surface area (Å²) in [4.78, 5) is 29.7. The largest absolute Gasteiger partial charge is 0.368 e. The molecule has 1 saturated heterocycles. The lowest BCUT2D eigenvalue weighted by molar-refractivity contribution is -0.387. The molecular formula is C24H23N3O3S. The van der Waals surface area contributed by atoms with Gasteiger partial charge >= 0.3 is 0 Å². The Morgan fingerprint density at radius 2 is 1.61 bits per heavy atom. The molecule has 6 nitrogen and oxygen atoms in total. The van der Waals surface area contributed by atoms with Crippen LogP contribution in [-0.4, -0.2) is 41.9 Å². The number of nitro benzene ring substituents is 1. The standard InChI is InChI=1S/C24H23N3O3S/c1-18-7-10-21(11-8-18)31-23-12-9-19(17-22(23)27(29)30)24(28)26-15-13-25(14-16-26)20-5-3-2-4-6-20/h2-12,17H,13-16H2,1H3. The van der Waals surface area contributed by atoms with Gasteiger partial charge in [-0.3, -0.25) is 14.9 Å². The summed E-state index contributed by atoms with van der Waals surface area (Å²) in [6, 6.07) is 22.7. The van der Waals surface area contributed by atoms with Gasteiger partial charge in [-0.15, -0.1) is 0 Å². The van der Waals surface area contributed by atoms with Crippen molar-refractivity contribution in [1.29, 1.82) is 0 Å². The zero-order chi connectivity index (χ0) is 21.8. The van der Waals surface area contributed by atoms with Gasteiger partial charge in [-0.05, 0) is 43.3 Å². The van der Waals surface area contributed by atoms with Crippen LogP contribution in [-0.2, 0) is 0 Å². The summed E-state index contributed by atoms with van der Waals surface area (Å²) in [6.07, 6.45) is 0. The van der Waals surface area contributed by atoms with Gasteiger partial charge in [0.2, 0.25) is 0 Å². The van der Waals surface area contributed by atoms with Gasteiger partial charge in [0.25, 0.3) is 11.6 Å². The summed E-state index contributed by atoms with van der Waals surface area (Å²) in [6.45, 7) is 4.64. The molecule has 4 rings (SSSR count). The van der Waals surface area contributed by atoms with E-state index in [1.165, 1.54) is 17.8 Å². The second kappa shape index (κ2) is 9.22. The Kier molecular flexibility index (Phi) is 6.23. The zero-order valence-corrected chi connectivity index (χ0v) is 18.0. The molecule has 1 amide bonds. The van der Waals surface area contributed by atoms with Crippen LogP contribution in [0, 0.1) is 17.0 Å². The number of piperazine rings is 1. The molecule has 1 aliphatic heterocycles. The number of amides is 1. The summed E-state index contributed by atoms with van der Waals surface area (Å²) < 4.78 is 0. The third kappa shape index (κ3) is 4.88. The molecule has 0 radical (unpaired) electrons. The van der Waals surface area contributed by atoms with Gasteiger partial charge in [0, 0.05) is 48.4 Å². The molecule has 0 unspecified atom stereocenters. The second-order valence-electron chi connectivity index (χ2n) is 7.47. The smallest absolute Gasteiger partial charge is 0.284 e. The van der Waals surface area contributed by atoms with Crippen molar-refractivity contribution in [3.63, 3.8) is 0 Å². The minimum atomic E-state index is -0.416.